The molecule has 110 valence electrons. The van der Waals surface area contributed by atoms with Gasteiger partial charge in [-0.25, -0.2) is 4.68 Å². The third-order valence-corrected chi connectivity index (χ3v) is 3.80. The molecule has 1 N–H and O–H groups in total. The van der Waals surface area contributed by atoms with Crippen LogP contribution in [0.25, 0.3) is 10.8 Å². The summed E-state index contributed by atoms with van der Waals surface area (Å²) in [6, 6.07) is 14.2. The zero-order chi connectivity index (χ0) is 15.7. The summed E-state index contributed by atoms with van der Waals surface area (Å²) < 4.78 is 2.11. The van der Waals surface area contributed by atoms with E-state index in [9.17, 15) is 9.59 Å². The number of aromatic nitrogens is 2. The van der Waals surface area contributed by atoms with Crippen molar-refractivity contribution in [2.45, 2.75) is 0 Å². The predicted octanol–water partition coefficient (Wildman–Crippen LogP) is 2.95. The SMILES string of the molecule is Cn1nc(C(=O)Nc2ccc(Br)cc2)c2ccccc2c1=O. The number of anilines is 1. The van der Waals surface area contributed by atoms with Gasteiger partial charge in [0.1, 0.15) is 0 Å². The lowest BCUT2D eigenvalue weighted by Gasteiger charge is -2.09. The number of fused-ring (bicyclic) bond motifs is 1. The Hall–Kier alpha value is -2.47. The number of halogens is 1. The normalized spacial score (nSPS) is 10.6. The minimum absolute atomic E-state index is 0.223. The Bertz CT molecular complexity index is 917. The summed E-state index contributed by atoms with van der Waals surface area (Å²) in [6.07, 6.45) is 0. The van der Waals surface area contributed by atoms with E-state index in [1.165, 1.54) is 11.7 Å². The predicted molar refractivity (Wildman–Crippen MR) is 89.1 cm³/mol. The second-order valence-corrected chi connectivity index (χ2v) is 5.70. The third kappa shape index (κ3) is 2.65. The molecule has 3 rings (SSSR count). The number of carbonyl (C=O) groups excluding carboxylic acids is 1. The molecule has 1 heterocycles. The van der Waals surface area contributed by atoms with Crippen LogP contribution in [0, 0.1) is 0 Å². The number of amides is 1. The molecule has 6 heteroatoms. The maximum Gasteiger partial charge on any atom is 0.276 e. The van der Waals surface area contributed by atoms with Gasteiger partial charge in [-0.3, -0.25) is 9.59 Å². The molecule has 0 aliphatic carbocycles. The molecule has 0 aliphatic heterocycles. The number of rotatable bonds is 2. The van der Waals surface area contributed by atoms with Crippen LogP contribution in [0.4, 0.5) is 5.69 Å². The van der Waals surface area contributed by atoms with Crippen molar-refractivity contribution < 1.29 is 4.79 Å². The molecule has 0 radical (unpaired) electrons. The fraction of sp³-hybridized carbons (Fsp3) is 0.0625. The number of aryl methyl sites for hydroxylation is 1. The lowest BCUT2D eigenvalue weighted by Crippen LogP contribution is -2.25. The number of hydrogen-bond donors (Lipinski definition) is 1. The topological polar surface area (TPSA) is 64.0 Å². The Labute approximate surface area is 134 Å². The first-order valence-corrected chi connectivity index (χ1v) is 7.38. The zero-order valence-electron chi connectivity index (χ0n) is 11.7. The number of nitrogens with one attached hydrogen (secondary N) is 1. The highest BCUT2D eigenvalue weighted by Gasteiger charge is 2.15. The molecular formula is C16H12BrN3O2. The summed E-state index contributed by atoms with van der Waals surface area (Å²) >= 11 is 3.34. The van der Waals surface area contributed by atoms with Crippen molar-refractivity contribution in [3.8, 4) is 0 Å². The van der Waals surface area contributed by atoms with E-state index in [0.717, 1.165) is 4.47 Å². The van der Waals surface area contributed by atoms with Crippen molar-refractivity contribution in [1.82, 2.24) is 9.78 Å². The van der Waals surface area contributed by atoms with Gasteiger partial charge in [0.15, 0.2) is 5.69 Å². The molecule has 5 nitrogen and oxygen atoms in total. The number of nitrogens with zero attached hydrogens (tertiary/aromatic N) is 2. The molecule has 3 aromatic rings. The summed E-state index contributed by atoms with van der Waals surface area (Å²) in [4.78, 5) is 24.5. The van der Waals surface area contributed by atoms with Gasteiger partial charge < -0.3 is 5.32 Å². The van der Waals surface area contributed by atoms with Crippen molar-refractivity contribution in [2.75, 3.05) is 5.32 Å². The molecule has 0 bridgehead atoms. The molecule has 0 fully saturated rings. The highest BCUT2D eigenvalue weighted by molar-refractivity contribution is 9.10. The van der Waals surface area contributed by atoms with Crippen LogP contribution in [0.15, 0.2) is 57.8 Å². The fourth-order valence-corrected chi connectivity index (χ4v) is 2.46. The maximum atomic E-state index is 12.5. The number of carbonyl (C=O) groups is 1. The first kappa shape index (κ1) is 14.5. The van der Waals surface area contributed by atoms with E-state index in [1.54, 1.807) is 36.4 Å². The quantitative estimate of drug-likeness (QED) is 0.766. The second kappa shape index (κ2) is 5.73. The van der Waals surface area contributed by atoms with Crippen LogP contribution in [-0.4, -0.2) is 15.7 Å². The molecule has 0 unspecified atom stereocenters. The molecule has 1 amide bonds. The van der Waals surface area contributed by atoms with Crippen molar-refractivity contribution >= 4 is 38.3 Å². The van der Waals surface area contributed by atoms with Crippen LogP contribution in [0.1, 0.15) is 10.5 Å². The molecule has 0 atom stereocenters. The average molecular weight is 358 g/mol. The average Bonchev–Trinajstić information content (AvgIpc) is 2.53. The maximum absolute atomic E-state index is 12.5. The van der Waals surface area contributed by atoms with E-state index in [0.29, 0.717) is 16.5 Å². The van der Waals surface area contributed by atoms with Crippen LogP contribution >= 0.6 is 15.9 Å². The van der Waals surface area contributed by atoms with Gasteiger partial charge in [-0.1, -0.05) is 34.1 Å². The van der Waals surface area contributed by atoms with Gasteiger partial charge >= 0.3 is 0 Å². The van der Waals surface area contributed by atoms with Gasteiger partial charge in [0.25, 0.3) is 11.5 Å². The smallest absolute Gasteiger partial charge is 0.276 e. The van der Waals surface area contributed by atoms with Crippen LogP contribution in [-0.2, 0) is 7.05 Å². The molecule has 1 aromatic heterocycles. The van der Waals surface area contributed by atoms with Gasteiger partial charge in [0.05, 0.1) is 5.39 Å². The van der Waals surface area contributed by atoms with Crippen molar-refractivity contribution in [1.29, 1.82) is 0 Å². The highest BCUT2D eigenvalue weighted by Crippen LogP contribution is 2.17. The largest absolute Gasteiger partial charge is 0.321 e. The van der Waals surface area contributed by atoms with E-state index in [2.05, 4.69) is 26.3 Å². The van der Waals surface area contributed by atoms with Gasteiger partial charge in [0.2, 0.25) is 0 Å². The standard InChI is InChI=1S/C16H12BrN3O2/c1-20-16(22)13-5-3-2-4-12(13)14(19-20)15(21)18-11-8-6-10(17)7-9-11/h2-9H,1H3,(H,18,21). The Morgan fingerprint density at radius 1 is 1.09 bits per heavy atom. The Morgan fingerprint density at radius 2 is 1.73 bits per heavy atom. The van der Waals surface area contributed by atoms with E-state index >= 15 is 0 Å². The lowest BCUT2D eigenvalue weighted by molar-refractivity contribution is 0.102. The summed E-state index contributed by atoms with van der Waals surface area (Å²) in [5.41, 5.74) is 0.657. The summed E-state index contributed by atoms with van der Waals surface area (Å²) in [5.74, 6) is -0.353. The Balaban J connectivity index is 2.06. The van der Waals surface area contributed by atoms with Gasteiger partial charge in [-0.15, -0.1) is 0 Å². The first-order chi connectivity index (χ1) is 10.6. The van der Waals surface area contributed by atoms with Crippen LogP contribution in [0.5, 0.6) is 0 Å². The van der Waals surface area contributed by atoms with Crippen LogP contribution in [0.3, 0.4) is 0 Å². The Kier molecular flexibility index (Phi) is 3.77. The van der Waals surface area contributed by atoms with E-state index in [4.69, 9.17) is 0 Å². The van der Waals surface area contributed by atoms with Crippen molar-refractivity contribution in [2.24, 2.45) is 7.05 Å². The minimum Gasteiger partial charge on any atom is -0.321 e. The molecule has 0 saturated carbocycles. The van der Waals surface area contributed by atoms with Crippen LogP contribution in [0.2, 0.25) is 0 Å². The zero-order valence-corrected chi connectivity index (χ0v) is 13.3. The summed E-state index contributed by atoms with van der Waals surface area (Å²) in [7, 11) is 1.53. The lowest BCUT2D eigenvalue weighted by atomic mass is 10.1. The van der Waals surface area contributed by atoms with E-state index < -0.39 is 0 Å². The number of benzene rings is 2. The fourth-order valence-electron chi connectivity index (χ4n) is 2.19. The second-order valence-electron chi connectivity index (χ2n) is 4.78. The molecule has 0 spiro atoms. The monoisotopic (exact) mass is 357 g/mol. The van der Waals surface area contributed by atoms with Crippen molar-refractivity contribution in [3.63, 3.8) is 0 Å². The molecule has 0 aliphatic rings. The van der Waals surface area contributed by atoms with Gasteiger partial charge in [-0.05, 0) is 30.3 Å². The minimum atomic E-state index is -0.353. The first-order valence-electron chi connectivity index (χ1n) is 6.59. The van der Waals surface area contributed by atoms with E-state index in [-0.39, 0.29) is 17.2 Å². The van der Waals surface area contributed by atoms with Gasteiger partial charge in [0, 0.05) is 22.6 Å². The highest BCUT2D eigenvalue weighted by atomic mass is 79.9. The van der Waals surface area contributed by atoms with E-state index in [1.807, 2.05) is 12.1 Å². The summed E-state index contributed by atoms with van der Waals surface area (Å²) in [6.45, 7) is 0. The Morgan fingerprint density at radius 3 is 2.41 bits per heavy atom. The number of hydrogen-bond acceptors (Lipinski definition) is 3. The molecule has 22 heavy (non-hydrogen) atoms. The molecule has 2 aromatic carbocycles. The molecule has 0 saturated heterocycles. The third-order valence-electron chi connectivity index (χ3n) is 3.27. The van der Waals surface area contributed by atoms with Crippen LogP contribution < -0.4 is 10.9 Å². The summed E-state index contributed by atoms with van der Waals surface area (Å²) in [5, 5.41) is 7.90. The van der Waals surface area contributed by atoms with Gasteiger partial charge in [-0.2, -0.15) is 5.10 Å². The molecular weight excluding hydrogens is 346 g/mol. The van der Waals surface area contributed by atoms with Crippen molar-refractivity contribution in [3.05, 3.63) is 69.1 Å².